The monoisotopic (exact) mass is 430 g/mol. The Morgan fingerprint density at radius 3 is 2.75 bits per heavy atom. The van der Waals surface area contributed by atoms with Crippen LogP contribution in [0.4, 0.5) is 10.1 Å². The van der Waals surface area contributed by atoms with Gasteiger partial charge in [0, 0.05) is 41.7 Å². The van der Waals surface area contributed by atoms with Crippen molar-refractivity contribution in [2.24, 2.45) is 0 Å². The molecule has 2 aromatic carbocycles. The standard InChI is InChI=1S/C26H27FN4O/c1-2-3-18-4-8-23(9-5-18)31-13-11-20(26(32)30-22-10-12-29-17-22)15-25(31)19-6-7-21(16-28)24(27)14-19/h4-9,11,14-15,22,29H,2-3,10,12-13,17H2,1H3,(H,30,32). The van der Waals surface area contributed by atoms with Crippen LogP contribution in [-0.4, -0.2) is 31.6 Å². The number of halogens is 1. The maximum atomic E-state index is 14.4. The highest BCUT2D eigenvalue weighted by Crippen LogP contribution is 2.31. The average Bonchev–Trinajstić information content (AvgIpc) is 3.32. The van der Waals surface area contributed by atoms with Crippen LogP contribution in [0.15, 0.2) is 60.2 Å². The molecule has 2 N–H and O–H groups in total. The molecule has 4 rings (SSSR count). The molecule has 32 heavy (non-hydrogen) atoms. The third-order valence-electron chi connectivity index (χ3n) is 5.91. The minimum Gasteiger partial charge on any atom is -0.348 e. The highest BCUT2D eigenvalue weighted by atomic mass is 19.1. The molecule has 1 atom stereocenters. The van der Waals surface area contributed by atoms with Crippen molar-refractivity contribution in [2.75, 3.05) is 24.5 Å². The van der Waals surface area contributed by atoms with Crippen LogP contribution < -0.4 is 15.5 Å². The highest BCUT2D eigenvalue weighted by molar-refractivity contribution is 6.01. The topological polar surface area (TPSA) is 68.2 Å². The molecule has 6 heteroatoms. The summed E-state index contributed by atoms with van der Waals surface area (Å²) in [4.78, 5) is 14.9. The molecule has 0 spiro atoms. The third kappa shape index (κ3) is 4.74. The van der Waals surface area contributed by atoms with Gasteiger partial charge in [0.1, 0.15) is 11.9 Å². The van der Waals surface area contributed by atoms with Crippen LogP contribution in [0.1, 0.15) is 36.5 Å². The molecule has 5 nitrogen and oxygen atoms in total. The number of rotatable bonds is 6. The first-order valence-electron chi connectivity index (χ1n) is 11.1. The van der Waals surface area contributed by atoms with Crippen LogP contribution in [-0.2, 0) is 11.2 Å². The van der Waals surface area contributed by atoms with Gasteiger partial charge in [-0.15, -0.1) is 0 Å². The van der Waals surface area contributed by atoms with Crippen molar-refractivity contribution in [3.05, 3.63) is 82.7 Å². The zero-order valence-electron chi connectivity index (χ0n) is 18.2. The van der Waals surface area contributed by atoms with Gasteiger partial charge in [0.15, 0.2) is 0 Å². The van der Waals surface area contributed by atoms with Crippen molar-refractivity contribution in [1.29, 1.82) is 5.26 Å². The summed E-state index contributed by atoms with van der Waals surface area (Å²) >= 11 is 0. The number of hydrogen-bond donors (Lipinski definition) is 2. The van der Waals surface area contributed by atoms with Gasteiger partial charge in [0.05, 0.1) is 5.56 Å². The second-order valence-electron chi connectivity index (χ2n) is 8.19. The first-order chi connectivity index (χ1) is 15.6. The molecule has 2 aliphatic rings. The van der Waals surface area contributed by atoms with Gasteiger partial charge in [-0.1, -0.05) is 37.6 Å². The summed E-state index contributed by atoms with van der Waals surface area (Å²) < 4.78 is 14.4. The van der Waals surface area contributed by atoms with E-state index in [1.807, 2.05) is 18.2 Å². The molecule has 0 aromatic heterocycles. The van der Waals surface area contributed by atoms with Crippen molar-refractivity contribution in [3.63, 3.8) is 0 Å². The molecule has 2 aromatic rings. The predicted octanol–water partition coefficient (Wildman–Crippen LogP) is 3.92. The Balaban J connectivity index is 1.67. The van der Waals surface area contributed by atoms with E-state index in [1.165, 1.54) is 17.7 Å². The molecule has 0 radical (unpaired) electrons. The van der Waals surface area contributed by atoms with Crippen molar-refractivity contribution in [3.8, 4) is 6.07 Å². The predicted molar refractivity (Wildman–Crippen MR) is 124 cm³/mol. The van der Waals surface area contributed by atoms with Crippen LogP contribution in [0.2, 0.25) is 0 Å². The lowest BCUT2D eigenvalue weighted by atomic mass is 10.0. The zero-order valence-corrected chi connectivity index (χ0v) is 18.2. The number of benzene rings is 2. The lowest BCUT2D eigenvalue weighted by molar-refractivity contribution is -0.117. The van der Waals surface area contributed by atoms with Crippen LogP contribution in [0.25, 0.3) is 5.70 Å². The lowest BCUT2D eigenvalue weighted by Gasteiger charge is -2.30. The molecule has 0 bridgehead atoms. The SMILES string of the molecule is CCCc1ccc(N2CC=C(C(=O)NC3CCNC3)C=C2c2ccc(C#N)c(F)c2)cc1. The fourth-order valence-corrected chi connectivity index (χ4v) is 4.16. The summed E-state index contributed by atoms with van der Waals surface area (Å²) in [7, 11) is 0. The Morgan fingerprint density at radius 1 is 1.28 bits per heavy atom. The molecule has 0 saturated carbocycles. The molecule has 164 valence electrons. The van der Waals surface area contributed by atoms with E-state index in [2.05, 4.69) is 46.7 Å². The Hall–Kier alpha value is -3.43. The van der Waals surface area contributed by atoms with Crippen LogP contribution in [0.5, 0.6) is 0 Å². The van der Waals surface area contributed by atoms with E-state index in [-0.39, 0.29) is 17.5 Å². The van der Waals surface area contributed by atoms with E-state index < -0.39 is 5.82 Å². The summed E-state index contributed by atoms with van der Waals surface area (Å²) in [5.41, 5.74) is 4.16. The first-order valence-corrected chi connectivity index (χ1v) is 11.1. The molecule has 2 aliphatic heterocycles. The Morgan fingerprint density at radius 2 is 2.09 bits per heavy atom. The maximum absolute atomic E-state index is 14.4. The van der Waals surface area contributed by atoms with E-state index in [9.17, 15) is 9.18 Å². The zero-order chi connectivity index (χ0) is 22.5. The Bertz CT molecular complexity index is 1090. The van der Waals surface area contributed by atoms with Crippen LogP contribution in [0, 0.1) is 17.1 Å². The second-order valence-corrected chi connectivity index (χ2v) is 8.19. The van der Waals surface area contributed by atoms with Crippen LogP contribution in [0.3, 0.4) is 0 Å². The van der Waals surface area contributed by atoms with E-state index in [0.29, 0.717) is 17.7 Å². The van der Waals surface area contributed by atoms with Crippen LogP contribution >= 0.6 is 0 Å². The molecule has 1 amide bonds. The number of nitriles is 1. The minimum absolute atomic E-state index is 0.00266. The van der Waals surface area contributed by atoms with Gasteiger partial charge >= 0.3 is 0 Å². The maximum Gasteiger partial charge on any atom is 0.251 e. The number of hydrogen-bond acceptors (Lipinski definition) is 4. The van der Waals surface area contributed by atoms with Gasteiger partial charge in [0.2, 0.25) is 0 Å². The Labute approximate surface area is 188 Å². The van der Waals surface area contributed by atoms with Gasteiger partial charge in [0.25, 0.3) is 5.91 Å². The smallest absolute Gasteiger partial charge is 0.251 e. The van der Waals surface area contributed by atoms with Gasteiger partial charge in [-0.05, 0) is 55.3 Å². The number of amides is 1. The number of nitrogens with zero attached hydrogens (tertiary/aromatic N) is 2. The normalized spacial score (nSPS) is 18.0. The quantitative estimate of drug-likeness (QED) is 0.729. The van der Waals surface area contributed by atoms with E-state index in [1.54, 1.807) is 6.07 Å². The highest BCUT2D eigenvalue weighted by Gasteiger charge is 2.24. The summed E-state index contributed by atoms with van der Waals surface area (Å²) in [6, 6.07) is 14.9. The Kier molecular flexibility index (Phi) is 6.67. The fourth-order valence-electron chi connectivity index (χ4n) is 4.16. The number of aryl methyl sites for hydroxylation is 1. The number of nitrogens with one attached hydrogen (secondary N) is 2. The largest absolute Gasteiger partial charge is 0.348 e. The summed E-state index contributed by atoms with van der Waals surface area (Å²) in [5, 5.41) is 15.4. The summed E-state index contributed by atoms with van der Waals surface area (Å²) in [5.74, 6) is -0.690. The molecule has 0 aliphatic carbocycles. The number of carbonyl (C=O) groups excluding carboxylic acids is 1. The lowest BCUT2D eigenvalue weighted by Crippen LogP contribution is -2.38. The van der Waals surface area contributed by atoms with E-state index >= 15 is 0 Å². The summed E-state index contributed by atoms with van der Waals surface area (Å²) in [6.07, 6.45) is 6.72. The average molecular weight is 431 g/mol. The number of carbonyl (C=O) groups is 1. The van der Waals surface area contributed by atoms with Gasteiger partial charge in [-0.25, -0.2) is 4.39 Å². The molecular formula is C26H27FN4O. The first kappa shape index (κ1) is 21.8. The minimum atomic E-state index is -0.568. The molecule has 1 saturated heterocycles. The van der Waals surface area contributed by atoms with E-state index in [0.717, 1.165) is 43.7 Å². The molecule has 2 heterocycles. The van der Waals surface area contributed by atoms with E-state index in [4.69, 9.17) is 5.26 Å². The van der Waals surface area contributed by atoms with Gasteiger partial charge in [-0.2, -0.15) is 5.26 Å². The fraction of sp³-hybridized carbons (Fsp3) is 0.308. The second kappa shape index (κ2) is 9.80. The third-order valence-corrected chi connectivity index (χ3v) is 5.91. The van der Waals surface area contributed by atoms with Crippen molar-refractivity contribution < 1.29 is 9.18 Å². The van der Waals surface area contributed by atoms with Gasteiger partial charge in [-0.3, -0.25) is 4.79 Å². The van der Waals surface area contributed by atoms with Crippen molar-refractivity contribution in [1.82, 2.24) is 10.6 Å². The molecule has 1 fully saturated rings. The molecular weight excluding hydrogens is 403 g/mol. The van der Waals surface area contributed by atoms with Gasteiger partial charge < -0.3 is 15.5 Å². The summed E-state index contributed by atoms with van der Waals surface area (Å²) in [6.45, 7) is 4.31. The van der Waals surface area contributed by atoms with Crippen molar-refractivity contribution >= 4 is 17.3 Å². The molecule has 1 unspecified atom stereocenters. The number of anilines is 1. The van der Waals surface area contributed by atoms with Crippen molar-refractivity contribution in [2.45, 2.75) is 32.2 Å².